The molecule has 16 heteroatoms. The zero-order valence-electron chi connectivity index (χ0n) is 33.4. The van der Waals surface area contributed by atoms with Crippen molar-refractivity contribution in [2.24, 2.45) is 5.92 Å². The second-order valence-electron chi connectivity index (χ2n) is 13.7. The van der Waals surface area contributed by atoms with Crippen molar-refractivity contribution >= 4 is 35.6 Å². The SMILES string of the molecule is CC#CCOc1ccc(C[C@H](NC(=O)[C@@H](/C=C/CCCCCCC(=O)CCCCCCC)[C@@](O)(CC(=O)OCc2oc(=O)oc2C)C(=O)O)C(=O)OCC(=O)O)cc1. The molecule has 0 radical (unpaired) electrons. The van der Waals surface area contributed by atoms with Crippen LogP contribution in [0.1, 0.15) is 114 Å². The van der Waals surface area contributed by atoms with Crippen molar-refractivity contribution in [2.45, 2.75) is 129 Å². The lowest BCUT2D eigenvalue weighted by Gasteiger charge is -2.30. The average Bonchev–Trinajstić information content (AvgIpc) is 3.51. The number of ketones is 1. The fraction of sp³-hybridized carbons (Fsp3) is 0.548. The van der Waals surface area contributed by atoms with Gasteiger partial charge in [0, 0.05) is 19.3 Å². The number of allylic oxidation sites excluding steroid dienone is 1. The lowest BCUT2D eigenvalue weighted by atomic mass is 9.82. The fourth-order valence-corrected chi connectivity index (χ4v) is 5.76. The van der Waals surface area contributed by atoms with E-state index in [1.807, 2.05) is 0 Å². The van der Waals surface area contributed by atoms with E-state index >= 15 is 0 Å². The van der Waals surface area contributed by atoms with Crippen molar-refractivity contribution in [2.75, 3.05) is 13.2 Å². The van der Waals surface area contributed by atoms with Gasteiger partial charge in [0.25, 0.3) is 0 Å². The monoisotopic (exact) mass is 813 g/mol. The van der Waals surface area contributed by atoms with E-state index in [4.69, 9.17) is 28.2 Å². The number of hydrogen-bond acceptors (Lipinski definition) is 13. The van der Waals surface area contributed by atoms with E-state index < -0.39 is 72.8 Å². The predicted molar refractivity (Wildman–Crippen MR) is 207 cm³/mol. The maximum atomic E-state index is 14.0. The Morgan fingerprint density at radius 2 is 1.57 bits per heavy atom. The topological polar surface area (TPSA) is 246 Å². The molecule has 2 rings (SSSR count). The molecule has 3 atom stereocenters. The van der Waals surface area contributed by atoms with E-state index in [0.29, 0.717) is 43.4 Å². The van der Waals surface area contributed by atoms with Crippen molar-refractivity contribution in [1.82, 2.24) is 5.32 Å². The molecule has 0 aliphatic carbocycles. The number of carboxylic acids is 2. The molecule has 318 valence electrons. The quantitative estimate of drug-likeness (QED) is 0.0366. The molecular formula is C42H55NO15. The Morgan fingerprint density at radius 3 is 2.16 bits per heavy atom. The highest BCUT2D eigenvalue weighted by molar-refractivity contribution is 5.95. The van der Waals surface area contributed by atoms with Crippen LogP contribution >= 0.6 is 0 Å². The van der Waals surface area contributed by atoms with Gasteiger partial charge in [0.15, 0.2) is 30.3 Å². The molecule has 0 unspecified atom stereocenters. The van der Waals surface area contributed by atoms with Crippen molar-refractivity contribution in [3.63, 3.8) is 0 Å². The van der Waals surface area contributed by atoms with Gasteiger partial charge in [0.05, 0.1) is 12.3 Å². The molecule has 0 saturated heterocycles. The number of aliphatic carboxylic acids is 2. The molecule has 0 bridgehead atoms. The van der Waals surface area contributed by atoms with Crippen LogP contribution in [0.25, 0.3) is 0 Å². The second-order valence-corrected chi connectivity index (χ2v) is 13.7. The van der Waals surface area contributed by atoms with Gasteiger partial charge in [-0.05, 0) is 57.2 Å². The number of nitrogens with one attached hydrogen (secondary N) is 1. The van der Waals surface area contributed by atoms with E-state index in [9.17, 15) is 43.8 Å². The van der Waals surface area contributed by atoms with Gasteiger partial charge >= 0.3 is 29.7 Å². The molecule has 16 nitrogen and oxygen atoms in total. The lowest BCUT2D eigenvalue weighted by molar-refractivity contribution is -0.174. The predicted octanol–water partition coefficient (Wildman–Crippen LogP) is 4.99. The number of ether oxygens (including phenoxy) is 3. The molecular weight excluding hydrogens is 758 g/mol. The minimum Gasteiger partial charge on any atom is -0.481 e. The minimum absolute atomic E-state index is 0.00433. The van der Waals surface area contributed by atoms with Gasteiger partial charge in [-0.1, -0.05) is 75.7 Å². The fourth-order valence-electron chi connectivity index (χ4n) is 5.76. The van der Waals surface area contributed by atoms with Gasteiger partial charge in [0.2, 0.25) is 5.91 Å². The molecule has 1 heterocycles. The number of aliphatic hydroxyl groups is 1. The highest BCUT2D eigenvalue weighted by Crippen LogP contribution is 2.27. The summed E-state index contributed by atoms with van der Waals surface area (Å²) in [6.45, 7) is 3.61. The minimum atomic E-state index is -3.13. The Hall–Kier alpha value is -5.69. The third-order valence-electron chi connectivity index (χ3n) is 9.04. The number of benzene rings is 1. The van der Waals surface area contributed by atoms with Gasteiger partial charge in [-0.25, -0.2) is 19.2 Å². The number of hydrogen-bond donors (Lipinski definition) is 4. The number of esters is 2. The van der Waals surface area contributed by atoms with Gasteiger partial charge in [-0.3, -0.25) is 14.4 Å². The number of Topliss-reactive ketones (excluding diaryl/α,β-unsaturated/α-hetero) is 1. The first kappa shape index (κ1) is 48.5. The summed E-state index contributed by atoms with van der Waals surface area (Å²) in [6, 6.07) is 4.74. The molecule has 58 heavy (non-hydrogen) atoms. The van der Waals surface area contributed by atoms with Crippen LogP contribution in [0.5, 0.6) is 5.75 Å². The third kappa shape index (κ3) is 18.1. The van der Waals surface area contributed by atoms with E-state index in [1.165, 1.54) is 13.0 Å². The highest BCUT2D eigenvalue weighted by atomic mass is 16.6. The number of carbonyl (C=O) groups excluding carboxylic acids is 4. The molecule has 1 aromatic heterocycles. The summed E-state index contributed by atoms with van der Waals surface area (Å²) in [5.74, 6) is -4.15. The van der Waals surface area contributed by atoms with Crippen LogP contribution in [-0.2, 0) is 51.3 Å². The summed E-state index contributed by atoms with van der Waals surface area (Å²) in [4.78, 5) is 87.4. The normalized spacial score (nSPS) is 13.0. The number of aryl methyl sites for hydroxylation is 1. The Bertz CT molecular complexity index is 1800. The largest absolute Gasteiger partial charge is 0.519 e. The number of carboxylic acid groups (broad SMARTS) is 2. The molecule has 0 spiro atoms. The molecule has 0 fully saturated rings. The Balaban J connectivity index is 2.26. The van der Waals surface area contributed by atoms with Gasteiger partial charge in [0.1, 0.15) is 24.2 Å². The number of amides is 1. The van der Waals surface area contributed by atoms with Crippen LogP contribution in [-0.4, -0.2) is 75.7 Å². The smallest absolute Gasteiger partial charge is 0.481 e. The summed E-state index contributed by atoms with van der Waals surface area (Å²) < 4.78 is 24.9. The van der Waals surface area contributed by atoms with Crippen LogP contribution in [0.15, 0.2) is 50.0 Å². The lowest BCUT2D eigenvalue weighted by Crippen LogP contribution is -2.55. The van der Waals surface area contributed by atoms with Gasteiger partial charge < -0.3 is 43.7 Å². The van der Waals surface area contributed by atoms with Crippen LogP contribution in [0, 0.1) is 24.7 Å². The maximum Gasteiger partial charge on any atom is 0.519 e. The summed E-state index contributed by atoms with van der Waals surface area (Å²) >= 11 is 0. The van der Waals surface area contributed by atoms with E-state index in [-0.39, 0.29) is 30.3 Å². The first-order valence-electron chi connectivity index (χ1n) is 19.4. The van der Waals surface area contributed by atoms with E-state index in [1.54, 1.807) is 31.2 Å². The van der Waals surface area contributed by atoms with Crippen LogP contribution < -0.4 is 15.9 Å². The summed E-state index contributed by atoms with van der Waals surface area (Å²) in [5.41, 5.74) is -2.66. The molecule has 0 aliphatic heterocycles. The van der Waals surface area contributed by atoms with Crippen molar-refractivity contribution in [3.8, 4) is 17.6 Å². The molecule has 0 saturated carbocycles. The van der Waals surface area contributed by atoms with Crippen LogP contribution in [0.2, 0.25) is 0 Å². The number of rotatable bonds is 29. The first-order valence-corrected chi connectivity index (χ1v) is 19.4. The molecule has 1 amide bonds. The highest BCUT2D eigenvalue weighted by Gasteiger charge is 2.49. The zero-order chi connectivity index (χ0) is 42.9. The standard InChI is InChI=1S/C42H55NO15/c1-4-6-8-11-14-17-31(44)18-15-12-9-10-13-16-19-33(42(53,40(50)51)26-37(47)55-27-35-29(3)57-41(52)58-35)38(48)43-34(39(49)56-28-36(45)46)25-30-20-22-32(23-21-30)54-24-7-5-2/h16,19-23,33-34,53H,4,6,8-15,17-18,24-28H2,1-3H3,(H,43,48)(H,45,46)(H,50,51)/b19-16+/t33-,34+,42+/m1/s1. The molecule has 4 N–H and O–H groups in total. The third-order valence-corrected chi connectivity index (χ3v) is 9.04. The Morgan fingerprint density at radius 1 is 0.914 bits per heavy atom. The second kappa shape index (κ2) is 26.3. The van der Waals surface area contributed by atoms with Crippen LogP contribution in [0.3, 0.4) is 0 Å². The molecule has 2 aromatic rings. The Kier molecular flexibility index (Phi) is 21.9. The number of unbranched alkanes of at least 4 members (excludes halogenated alkanes) is 8. The van der Waals surface area contributed by atoms with E-state index in [0.717, 1.165) is 51.0 Å². The average molecular weight is 814 g/mol. The van der Waals surface area contributed by atoms with Gasteiger partial charge in [-0.2, -0.15) is 0 Å². The maximum absolute atomic E-state index is 14.0. The van der Waals surface area contributed by atoms with Gasteiger partial charge in [-0.15, -0.1) is 5.92 Å². The van der Waals surface area contributed by atoms with Crippen molar-refractivity contribution in [3.05, 3.63) is 64.1 Å². The van der Waals surface area contributed by atoms with E-state index in [2.05, 4.69) is 24.1 Å². The first-order chi connectivity index (χ1) is 27.7. The summed E-state index contributed by atoms with van der Waals surface area (Å²) in [6.07, 6.45) is 10.6. The Labute approximate surface area is 337 Å². The molecule has 0 aliphatic rings. The summed E-state index contributed by atoms with van der Waals surface area (Å²) in [7, 11) is 0. The number of carbonyl (C=O) groups is 6. The summed E-state index contributed by atoms with van der Waals surface area (Å²) in [5, 5.41) is 33.3. The van der Waals surface area contributed by atoms with Crippen LogP contribution in [0.4, 0.5) is 0 Å². The van der Waals surface area contributed by atoms with Crippen molar-refractivity contribution < 1.29 is 67.1 Å². The molecule has 1 aromatic carbocycles. The zero-order valence-corrected chi connectivity index (χ0v) is 33.4. The van der Waals surface area contributed by atoms with Crippen molar-refractivity contribution in [1.29, 1.82) is 0 Å².